The second kappa shape index (κ2) is 9.93. The highest BCUT2D eigenvalue weighted by Crippen LogP contribution is 2.27. The van der Waals surface area contributed by atoms with Crippen molar-refractivity contribution in [2.24, 2.45) is 10.9 Å². The number of hydrogen-bond donors (Lipinski definition) is 2. The molecule has 0 spiro atoms. The molecule has 0 aromatic heterocycles. The van der Waals surface area contributed by atoms with Gasteiger partial charge in [0.25, 0.3) is 0 Å². The summed E-state index contributed by atoms with van der Waals surface area (Å²) in [6, 6.07) is 0. The highest BCUT2D eigenvalue weighted by atomic mass is 127. The van der Waals surface area contributed by atoms with Gasteiger partial charge in [0.15, 0.2) is 5.96 Å². The Bertz CT molecular complexity index is 417. The van der Waals surface area contributed by atoms with Crippen molar-refractivity contribution in [2.45, 2.75) is 31.8 Å². The van der Waals surface area contributed by atoms with E-state index in [1.165, 1.54) is 0 Å². The molecule has 6 nitrogen and oxygen atoms in total. The summed E-state index contributed by atoms with van der Waals surface area (Å²) in [5.41, 5.74) is -0.642. The molecule has 2 aliphatic heterocycles. The minimum absolute atomic E-state index is 0. The van der Waals surface area contributed by atoms with Crippen LogP contribution in [-0.4, -0.2) is 72.3 Å². The van der Waals surface area contributed by atoms with Gasteiger partial charge in [-0.15, -0.1) is 24.0 Å². The van der Waals surface area contributed by atoms with Crippen molar-refractivity contribution in [2.75, 3.05) is 44.8 Å². The van der Waals surface area contributed by atoms with E-state index in [0.29, 0.717) is 19.7 Å². The molecule has 2 unspecified atom stereocenters. The monoisotopic (exact) mass is 457 g/mol. The van der Waals surface area contributed by atoms with E-state index in [4.69, 9.17) is 4.74 Å². The Morgan fingerprint density at radius 3 is 2.96 bits per heavy atom. The molecule has 2 saturated heterocycles. The summed E-state index contributed by atoms with van der Waals surface area (Å²) in [5, 5.41) is 13.7. The number of carbonyl (C=O) groups excluding carboxylic acids is 1. The number of thioether (sulfide) groups is 1. The fourth-order valence-corrected chi connectivity index (χ4v) is 4.23. The van der Waals surface area contributed by atoms with Crippen LogP contribution in [0, 0.1) is 5.92 Å². The minimum Gasteiger partial charge on any atom is -0.466 e. The molecule has 2 rings (SSSR count). The maximum absolute atomic E-state index is 11.9. The van der Waals surface area contributed by atoms with Crippen molar-refractivity contribution in [3.8, 4) is 0 Å². The van der Waals surface area contributed by atoms with Crippen LogP contribution in [0.2, 0.25) is 0 Å². The van der Waals surface area contributed by atoms with Crippen molar-refractivity contribution in [3.63, 3.8) is 0 Å². The summed E-state index contributed by atoms with van der Waals surface area (Å²) < 4.78 is 5.13. The molecular weight excluding hydrogens is 429 g/mol. The molecule has 134 valence electrons. The molecule has 2 N–H and O–H groups in total. The lowest BCUT2D eigenvalue weighted by Crippen LogP contribution is -2.52. The third kappa shape index (κ3) is 5.97. The van der Waals surface area contributed by atoms with Gasteiger partial charge in [0.2, 0.25) is 0 Å². The quantitative estimate of drug-likeness (QED) is 0.287. The molecule has 2 atom stereocenters. The second-order valence-electron chi connectivity index (χ2n) is 5.96. The van der Waals surface area contributed by atoms with Crippen molar-refractivity contribution < 1.29 is 14.6 Å². The van der Waals surface area contributed by atoms with E-state index in [1.54, 1.807) is 18.8 Å². The van der Waals surface area contributed by atoms with Gasteiger partial charge in [-0.2, -0.15) is 11.8 Å². The molecular formula is C15H28IN3O3S. The highest BCUT2D eigenvalue weighted by Gasteiger charge is 2.33. The maximum Gasteiger partial charge on any atom is 0.310 e. The number of hydrogen-bond acceptors (Lipinski definition) is 5. The molecule has 8 heteroatoms. The molecule has 2 fully saturated rings. The Morgan fingerprint density at radius 2 is 2.35 bits per heavy atom. The Kier molecular flexibility index (Phi) is 8.99. The number of ether oxygens (including phenoxy) is 1. The smallest absolute Gasteiger partial charge is 0.310 e. The second-order valence-corrected chi connectivity index (χ2v) is 7.07. The third-order valence-corrected chi connectivity index (χ3v) is 5.44. The zero-order chi connectivity index (χ0) is 16.0. The number of nitrogens with zero attached hydrogens (tertiary/aromatic N) is 2. The molecule has 2 aliphatic rings. The number of halogens is 1. The molecule has 23 heavy (non-hydrogen) atoms. The first-order chi connectivity index (χ1) is 10.6. The number of rotatable bonds is 4. The molecule has 0 aromatic rings. The lowest BCUT2D eigenvalue weighted by molar-refractivity contribution is -0.149. The Hall–Kier alpha value is -0.220. The van der Waals surface area contributed by atoms with Gasteiger partial charge < -0.3 is 20.1 Å². The van der Waals surface area contributed by atoms with Crippen LogP contribution in [0.4, 0.5) is 0 Å². The van der Waals surface area contributed by atoms with Crippen molar-refractivity contribution >= 4 is 47.7 Å². The van der Waals surface area contributed by atoms with Crippen LogP contribution in [0.3, 0.4) is 0 Å². The van der Waals surface area contributed by atoms with E-state index in [2.05, 4.69) is 15.2 Å². The largest absolute Gasteiger partial charge is 0.466 e. The molecule has 0 bridgehead atoms. The number of nitrogens with one attached hydrogen (secondary N) is 1. The number of piperidine rings is 1. The maximum atomic E-state index is 11.9. The van der Waals surface area contributed by atoms with E-state index in [1.807, 2.05) is 6.92 Å². The van der Waals surface area contributed by atoms with E-state index in [0.717, 1.165) is 43.3 Å². The fourth-order valence-electron chi connectivity index (χ4n) is 2.93. The number of aliphatic hydroxyl groups is 1. The van der Waals surface area contributed by atoms with Crippen molar-refractivity contribution in [3.05, 3.63) is 0 Å². The average Bonchev–Trinajstić information content (AvgIpc) is 2.95. The van der Waals surface area contributed by atoms with Crippen molar-refractivity contribution in [1.29, 1.82) is 0 Å². The summed E-state index contributed by atoms with van der Waals surface area (Å²) >= 11 is 1.78. The number of esters is 1. The fraction of sp³-hybridized carbons (Fsp3) is 0.867. The highest BCUT2D eigenvalue weighted by molar-refractivity contribution is 14.0. The Balaban J connectivity index is 0.00000264. The van der Waals surface area contributed by atoms with E-state index in [-0.39, 0.29) is 35.9 Å². The van der Waals surface area contributed by atoms with Crippen molar-refractivity contribution in [1.82, 2.24) is 10.2 Å². The van der Waals surface area contributed by atoms with Gasteiger partial charge in [-0.25, -0.2) is 0 Å². The summed E-state index contributed by atoms with van der Waals surface area (Å²) in [6.07, 6.45) is 2.63. The number of aliphatic imine (C=N–C) groups is 1. The number of carbonyl (C=O) groups is 1. The average molecular weight is 457 g/mol. The van der Waals surface area contributed by atoms with Gasteiger partial charge in [-0.1, -0.05) is 0 Å². The van der Waals surface area contributed by atoms with Crippen LogP contribution < -0.4 is 5.32 Å². The summed E-state index contributed by atoms with van der Waals surface area (Å²) in [4.78, 5) is 18.3. The number of guanidine groups is 1. The minimum atomic E-state index is -0.642. The predicted octanol–water partition coefficient (Wildman–Crippen LogP) is 1.32. The van der Waals surface area contributed by atoms with Crippen LogP contribution in [-0.2, 0) is 9.53 Å². The van der Waals surface area contributed by atoms with Crippen LogP contribution in [0.15, 0.2) is 4.99 Å². The summed E-state index contributed by atoms with van der Waals surface area (Å²) in [7, 11) is 1.74. The van der Waals surface area contributed by atoms with Gasteiger partial charge in [0, 0.05) is 32.4 Å². The molecule has 0 radical (unpaired) electrons. The lowest BCUT2D eigenvalue weighted by atomic mass is 9.98. The Labute approximate surface area is 159 Å². The van der Waals surface area contributed by atoms with Gasteiger partial charge in [0.05, 0.1) is 18.1 Å². The van der Waals surface area contributed by atoms with Gasteiger partial charge in [0.1, 0.15) is 0 Å². The summed E-state index contributed by atoms with van der Waals surface area (Å²) in [5.74, 6) is 2.33. The molecule has 0 aromatic carbocycles. The van der Waals surface area contributed by atoms with E-state index in [9.17, 15) is 9.90 Å². The number of likely N-dealkylation sites (tertiary alicyclic amines) is 1. The predicted molar refractivity (Wildman–Crippen MR) is 105 cm³/mol. The SMILES string of the molecule is CCOC(=O)C1CCCN(C(=NC)NCC2(O)CCSC2)C1.I. The normalized spacial score (nSPS) is 28.2. The standard InChI is InChI=1S/C15H27N3O3S.HI/c1-3-21-13(19)12-5-4-7-18(9-12)14(16-2)17-10-15(20)6-8-22-11-15;/h12,20H,3-11H2,1-2H3,(H,16,17);1H. The zero-order valence-electron chi connectivity index (χ0n) is 13.9. The van der Waals surface area contributed by atoms with Crippen LogP contribution in [0.1, 0.15) is 26.2 Å². The van der Waals surface area contributed by atoms with E-state index >= 15 is 0 Å². The van der Waals surface area contributed by atoms with E-state index < -0.39 is 5.60 Å². The van der Waals surface area contributed by atoms with Gasteiger partial charge in [-0.05, 0) is 31.9 Å². The lowest BCUT2D eigenvalue weighted by Gasteiger charge is -2.35. The topological polar surface area (TPSA) is 74.2 Å². The van der Waals surface area contributed by atoms with Crippen LogP contribution in [0.5, 0.6) is 0 Å². The van der Waals surface area contributed by atoms with Crippen LogP contribution in [0.25, 0.3) is 0 Å². The first-order valence-electron chi connectivity index (χ1n) is 8.00. The first-order valence-corrected chi connectivity index (χ1v) is 9.16. The molecule has 0 amide bonds. The zero-order valence-corrected chi connectivity index (χ0v) is 17.1. The van der Waals surface area contributed by atoms with Crippen LogP contribution >= 0.6 is 35.7 Å². The molecule has 0 saturated carbocycles. The Morgan fingerprint density at radius 1 is 1.57 bits per heavy atom. The summed E-state index contributed by atoms with van der Waals surface area (Å²) in [6.45, 7) is 4.27. The molecule has 2 heterocycles. The van der Waals surface area contributed by atoms with Gasteiger partial charge >= 0.3 is 5.97 Å². The first kappa shape index (κ1) is 20.8. The molecule has 0 aliphatic carbocycles. The van der Waals surface area contributed by atoms with Gasteiger partial charge in [-0.3, -0.25) is 9.79 Å². The third-order valence-electron chi connectivity index (χ3n) is 4.21.